The molecule has 18 heavy (non-hydrogen) atoms. The molecule has 0 amide bonds. The van der Waals surface area contributed by atoms with E-state index in [0.29, 0.717) is 5.82 Å². The number of pyridine rings is 1. The summed E-state index contributed by atoms with van der Waals surface area (Å²) < 4.78 is 5.38. The third kappa shape index (κ3) is 2.18. The summed E-state index contributed by atoms with van der Waals surface area (Å²) in [6, 6.07) is 3.29. The molecule has 1 fully saturated rings. The lowest BCUT2D eigenvalue weighted by atomic mass is 9.64. The van der Waals surface area contributed by atoms with Gasteiger partial charge in [0.15, 0.2) is 0 Å². The molecule has 1 heterocycles. The first-order chi connectivity index (χ1) is 8.45. The number of aromatic nitrogens is 1. The Hall–Kier alpha value is -1.62. The van der Waals surface area contributed by atoms with E-state index < -0.39 is 5.97 Å². The number of hydrogen-bond acceptors (Lipinski definition) is 4. The first-order valence-electron chi connectivity index (χ1n) is 5.94. The number of aromatic carboxylic acids is 1. The summed E-state index contributed by atoms with van der Waals surface area (Å²) in [7, 11) is 1.71. The van der Waals surface area contributed by atoms with Crippen molar-refractivity contribution in [3.05, 3.63) is 23.9 Å². The number of anilines is 1. The van der Waals surface area contributed by atoms with Crippen molar-refractivity contribution in [3.8, 4) is 0 Å². The van der Waals surface area contributed by atoms with Crippen LogP contribution in [0.5, 0.6) is 0 Å². The van der Waals surface area contributed by atoms with E-state index in [9.17, 15) is 4.79 Å². The number of hydrogen-bond donors (Lipinski definition) is 2. The van der Waals surface area contributed by atoms with Gasteiger partial charge in [-0.05, 0) is 18.6 Å². The number of rotatable bonds is 4. The van der Waals surface area contributed by atoms with Crippen molar-refractivity contribution < 1.29 is 14.6 Å². The standard InChI is InChI=1S/C13H18N2O3/c1-13(2)9(7-10(13)18-3)15-11-6-8(12(16)17)4-5-14-11/h4-6,9-10H,7H2,1-3H3,(H,14,15)(H,16,17). The van der Waals surface area contributed by atoms with E-state index in [4.69, 9.17) is 9.84 Å². The van der Waals surface area contributed by atoms with Crippen LogP contribution in [0.15, 0.2) is 18.3 Å². The van der Waals surface area contributed by atoms with Gasteiger partial charge in [-0.1, -0.05) is 13.8 Å². The molecule has 5 heteroatoms. The number of ether oxygens (including phenoxy) is 1. The smallest absolute Gasteiger partial charge is 0.335 e. The Labute approximate surface area is 106 Å². The Balaban J connectivity index is 2.07. The van der Waals surface area contributed by atoms with Crippen molar-refractivity contribution in [1.82, 2.24) is 4.98 Å². The maximum atomic E-state index is 10.9. The van der Waals surface area contributed by atoms with Gasteiger partial charge in [-0.2, -0.15) is 0 Å². The Morgan fingerprint density at radius 1 is 1.61 bits per heavy atom. The average molecular weight is 250 g/mol. The van der Waals surface area contributed by atoms with Crippen LogP contribution in [-0.4, -0.2) is 35.3 Å². The molecule has 98 valence electrons. The molecule has 1 saturated carbocycles. The van der Waals surface area contributed by atoms with Gasteiger partial charge < -0.3 is 15.2 Å². The molecule has 1 aliphatic rings. The van der Waals surface area contributed by atoms with E-state index in [1.807, 2.05) is 0 Å². The summed E-state index contributed by atoms with van der Waals surface area (Å²) in [5.74, 6) is -0.342. The third-order valence-electron chi connectivity index (χ3n) is 3.79. The summed E-state index contributed by atoms with van der Waals surface area (Å²) in [5, 5.41) is 12.2. The Morgan fingerprint density at radius 3 is 2.89 bits per heavy atom. The van der Waals surface area contributed by atoms with Crippen LogP contribution in [0.2, 0.25) is 0 Å². The third-order valence-corrected chi connectivity index (χ3v) is 3.79. The molecule has 0 saturated heterocycles. The van der Waals surface area contributed by atoms with Gasteiger partial charge in [0, 0.05) is 24.8 Å². The minimum absolute atomic E-state index is 0.0235. The second-order valence-electron chi connectivity index (χ2n) is 5.21. The van der Waals surface area contributed by atoms with E-state index in [1.165, 1.54) is 12.3 Å². The highest BCUT2D eigenvalue weighted by Gasteiger charge is 2.48. The van der Waals surface area contributed by atoms with Gasteiger partial charge in [0.2, 0.25) is 0 Å². The van der Waals surface area contributed by atoms with Crippen molar-refractivity contribution in [2.45, 2.75) is 32.4 Å². The van der Waals surface area contributed by atoms with Crippen LogP contribution in [0.1, 0.15) is 30.6 Å². The lowest BCUT2D eigenvalue weighted by Crippen LogP contribution is -2.57. The molecule has 2 N–H and O–H groups in total. The van der Waals surface area contributed by atoms with Crippen LogP contribution < -0.4 is 5.32 Å². The molecule has 0 aromatic carbocycles. The Kier molecular flexibility index (Phi) is 3.26. The average Bonchev–Trinajstić information content (AvgIpc) is 2.34. The van der Waals surface area contributed by atoms with Crippen molar-refractivity contribution >= 4 is 11.8 Å². The lowest BCUT2D eigenvalue weighted by molar-refractivity contribution is -0.0795. The molecular weight excluding hydrogens is 232 g/mol. The summed E-state index contributed by atoms with van der Waals surface area (Å²) >= 11 is 0. The van der Waals surface area contributed by atoms with Crippen molar-refractivity contribution in [1.29, 1.82) is 0 Å². The summed E-state index contributed by atoms with van der Waals surface area (Å²) in [6.07, 6.45) is 2.64. The number of carbonyl (C=O) groups is 1. The zero-order valence-corrected chi connectivity index (χ0v) is 10.8. The summed E-state index contributed by atoms with van der Waals surface area (Å²) in [5.41, 5.74) is 0.267. The molecule has 0 aliphatic heterocycles. The molecule has 0 bridgehead atoms. The fraction of sp³-hybridized carbons (Fsp3) is 0.538. The quantitative estimate of drug-likeness (QED) is 0.855. The fourth-order valence-corrected chi connectivity index (χ4v) is 2.35. The summed E-state index contributed by atoms with van der Waals surface area (Å²) in [6.45, 7) is 4.26. The van der Waals surface area contributed by atoms with E-state index >= 15 is 0 Å². The zero-order valence-electron chi connectivity index (χ0n) is 10.8. The number of carboxylic acids is 1. The van der Waals surface area contributed by atoms with E-state index in [0.717, 1.165) is 6.42 Å². The maximum Gasteiger partial charge on any atom is 0.335 e. The van der Waals surface area contributed by atoms with Gasteiger partial charge in [-0.3, -0.25) is 0 Å². The monoisotopic (exact) mass is 250 g/mol. The largest absolute Gasteiger partial charge is 0.478 e. The number of carboxylic acid groups (broad SMARTS) is 1. The minimum Gasteiger partial charge on any atom is -0.478 e. The molecular formula is C13H18N2O3. The second-order valence-corrected chi connectivity index (χ2v) is 5.21. The van der Waals surface area contributed by atoms with Gasteiger partial charge >= 0.3 is 5.97 Å². The minimum atomic E-state index is -0.942. The van der Waals surface area contributed by atoms with Crippen LogP contribution in [-0.2, 0) is 4.74 Å². The molecule has 5 nitrogen and oxygen atoms in total. The first-order valence-corrected chi connectivity index (χ1v) is 5.94. The molecule has 1 aromatic rings. The van der Waals surface area contributed by atoms with Gasteiger partial charge in [0.05, 0.1) is 11.7 Å². The van der Waals surface area contributed by atoms with Crippen molar-refractivity contribution in [3.63, 3.8) is 0 Å². The lowest BCUT2D eigenvalue weighted by Gasteiger charge is -2.51. The van der Waals surface area contributed by atoms with Gasteiger partial charge in [0.25, 0.3) is 0 Å². The van der Waals surface area contributed by atoms with Gasteiger partial charge in [0.1, 0.15) is 5.82 Å². The molecule has 0 radical (unpaired) electrons. The van der Waals surface area contributed by atoms with Crippen LogP contribution in [0.25, 0.3) is 0 Å². The van der Waals surface area contributed by atoms with Crippen LogP contribution in [0.3, 0.4) is 0 Å². The predicted octanol–water partition coefficient (Wildman–Crippen LogP) is 2.01. The number of nitrogens with zero attached hydrogens (tertiary/aromatic N) is 1. The van der Waals surface area contributed by atoms with E-state index in [-0.39, 0.29) is 23.1 Å². The molecule has 1 aromatic heterocycles. The molecule has 2 unspecified atom stereocenters. The SMILES string of the molecule is COC1CC(Nc2cc(C(=O)O)ccn2)C1(C)C. The first kappa shape index (κ1) is 12.8. The van der Waals surface area contributed by atoms with Crippen molar-refractivity contribution in [2.75, 3.05) is 12.4 Å². The highest BCUT2D eigenvalue weighted by Crippen LogP contribution is 2.43. The molecule has 1 aliphatic carbocycles. The Bertz CT molecular complexity index is 459. The fourth-order valence-electron chi connectivity index (χ4n) is 2.35. The Morgan fingerprint density at radius 2 is 2.33 bits per heavy atom. The van der Waals surface area contributed by atoms with Crippen LogP contribution >= 0.6 is 0 Å². The van der Waals surface area contributed by atoms with Crippen LogP contribution in [0, 0.1) is 5.41 Å². The van der Waals surface area contributed by atoms with Crippen LogP contribution in [0.4, 0.5) is 5.82 Å². The molecule has 2 rings (SSSR count). The zero-order chi connectivity index (χ0) is 13.3. The number of methoxy groups -OCH3 is 1. The highest BCUT2D eigenvalue weighted by molar-refractivity contribution is 5.88. The summed E-state index contributed by atoms with van der Waals surface area (Å²) in [4.78, 5) is 15.0. The predicted molar refractivity (Wildman–Crippen MR) is 67.8 cm³/mol. The van der Waals surface area contributed by atoms with Gasteiger partial charge in [-0.25, -0.2) is 9.78 Å². The normalized spacial score (nSPS) is 25.3. The topological polar surface area (TPSA) is 71.5 Å². The maximum absolute atomic E-state index is 10.9. The number of nitrogens with one attached hydrogen (secondary N) is 1. The van der Waals surface area contributed by atoms with Crippen molar-refractivity contribution in [2.24, 2.45) is 5.41 Å². The van der Waals surface area contributed by atoms with Gasteiger partial charge in [-0.15, -0.1) is 0 Å². The van der Waals surface area contributed by atoms with E-state index in [2.05, 4.69) is 24.1 Å². The van der Waals surface area contributed by atoms with E-state index in [1.54, 1.807) is 13.2 Å². The highest BCUT2D eigenvalue weighted by atomic mass is 16.5. The molecule has 2 atom stereocenters. The molecule has 0 spiro atoms. The second kappa shape index (κ2) is 4.57.